The maximum atomic E-state index is 13.2. The number of hydrogen-bond acceptors (Lipinski definition) is 5. The Morgan fingerprint density at radius 1 is 1.12 bits per heavy atom. The molecule has 0 spiro atoms. The number of anilines is 1. The van der Waals surface area contributed by atoms with Crippen LogP contribution in [0.2, 0.25) is 0 Å². The van der Waals surface area contributed by atoms with Gasteiger partial charge >= 0.3 is 6.18 Å². The normalized spacial score (nSPS) is 14.8. The smallest absolute Gasteiger partial charge is 0.416 e. The van der Waals surface area contributed by atoms with E-state index >= 15 is 0 Å². The van der Waals surface area contributed by atoms with E-state index in [0.717, 1.165) is 23.5 Å². The number of likely N-dealkylation sites (tertiary alicyclic amines) is 1. The number of hydrogen-bond donors (Lipinski definition) is 2. The fraction of sp³-hybridized carbons (Fsp3) is 0.261. The van der Waals surface area contributed by atoms with Crippen LogP contribution in [-0.2, 0) is 11.0 Å². The summed E-state index contributed by atoms with van der Waals surface area (Å²) < 4.78 is 44.8. The Hall–Kier alpha value is -3.60. The second kappa shape index (κ2) is 9.72. The van der Waals surface area contributed by atoms with Gasteiger partial charge in [-0.25, -0.2) is 0 Å². The predicted molar refractivity (Wildman–Crippen MR) is 118 cm³/mol. The molecule has 1 aliphatic heterocycles. The molecule has 7 nitrogen and oxygen atoms in total. The third kappa shape index (κ3) is 5.48. The van der Waals surface area contributed by atoms with Gasteiger partial charge in [0.15, 0.2) is 5.76 Å². The van der Waals surface area contributed by atoms with Crippen LogP contribution in [0.15, 0.2) is 59.2 Å². The number of amides is 3. The lowest BCUT2D eigenvalue weighted by atomic mass is 10.0. The van der Waals surface area contributed by atoms with Crippen LogP contribution >= 0.6 is 11.3 Å². The van der Waals surface area contributed by atoms with Gasteiger partial charge in [0.1, 0.15) is 0 Å². The van der Waals surface area contributed by atoms with E-state index in [1.165, 1.54) is 35.4 Å². The number of benzene rings is 1. The van der Waals surface area contributed by atoms with E-state index in [1.807, 2.05) is 0 Å². The van der Waals surface area contributed by atoms with Gasteiger partial charge in [-0.1, -0.05) is 12.1 Å². The summed E-state index contributed by atoms with van der Waals surface area (Å²) in [7, 11) is 0. The monoisotopic (exact) mass is 491 g/mol. The van der Waals surface area contributed by atoms with E-state index in [2.05, 4.69) is 10.6 Å². The summed E-state index contributed by atoms with van der Waals surface area (Å²) in [4.78, 5) is 39.0. The Kier molecular flexibility index (Phi) is 6.73. The molecule has 178 valence electrons. The first-order chi connectivity index (χ1) is 16.2. The summed E-state index contributed by atoms with van der Waals surface area (Å²) in [6, 6.07) is 9.97. The van der Waals surface area contributed by atoms with Crippen molar-refractivity contribution >= 4 is 34.1 Å². The Balaban J connectivity index is 1.52. The third-order valence-corrected chi connectivity index (χ3v) is 6.31. The van der Waals surface area contributed by atoms with Crippen molar-refractivity contribution in [1.29, 1.82) is 0 Å². The highest BCUT2D eigenvalue weighted by Gasteiger charge is 2.32. The maximum Gasteiger partial charge on any atom is 0.416 e. The van der Waals surface area contributed by atoms with Crippen molar-refractivity contribution in [3.63, 3.8) is 0 Å². The van der Waals surface area contributed by atoms with Gasteiger partial charge in [-0.2, -0.15) is 13.2 Å². The molecule has 0 aliphatic carbocycles. The largest absolute Gasteiger partial charge is 0.459 e. The van der Waals surface area contributed by atoms with Crippen molar-refractivity contribution in [2.75, 3.05) is 18.4 Å². The molecule has 1 fully saturated rings. The molecule has 1 atom stereocenters. The van der Waals surface area contributed by atoms with Crippen molar-refractivity contribution < 1.29 is 32.0 Å². The van der Waals surface area contributed by atoms with Crippen LogP contribution in [0.1, 0.15) is 50.2 Å². The molecule has 0 saturated carbocycles. The van der Waals surface area contributed by atoms with E-state index in [9.17, 15) is 27.6 Å². The minimum atomic E-state index is -4.54. The van der Waals surface area contributed by atoms with Gasteiger partial charge in [-0.15, -0.1) is 11.3 Å². The molecule has 11 heteroatoms. The van der Waals surface area contributed by atoms with Gasteiger partial charge in [0.25, 0.3) is 11.8 Å². The highest BCUT2D eigenvalue weighted by atomic mass is 32.1. The second-order valence-electron chi connectivity index (χ2n) is 7.69. The Labute approximate surface area is 196 Å². The van der Waals surface area contributed by atoms with Gasteiger partial charge in [-0.3, -0.25) is 14.4 Å². The van der Waals surface area contributed by atoms with Gasteiger partial charge in [0.2, 0.25) is 5.91 Å². The third-order valence-electron chi connectivity index (χ3n) is 5.31. The lowest BCUT2D eigenvalue weighted by molar-refractivity contribution is -0.137. The molecule has 2 aromatic heterocycles. The predicted octanol–water partition coefficient (Wildman–Crippen LogP) is 4.71. The van der Waals surface area contributed by atoms with E-state index in [-0.39, 0.29) is 28.7 Å². The molecule has 0 unspecified atom stereocenters. The Morgan fingerprint density at radius 3 is 2.62 bits per heavy atom. The number of thiophene rings is 1. The number of halogens is 3. The van der Waals surface area contributed by atoms with E-state index < -0.39 is 29.6 Å². The van der Waals surface area contributed by atoms with Crippen molar-refractivity contribution in [3.05, 3.63) is 76.6 Å². The summed E-state index contributed by atoms with van der Waals surface area (Å²) in [6.45, 7) is 0.533. The molecule has 34 heavy (non-hydrogen) atoms. The van der Waals surface area contributed by atoms with Crippen molar-refractivity contribution in [2.24, 2.45) is 0 Å². The summed E-state index contributed by atoms with van der Waals surface area (Å²) in [5, 5.41) is 5.77. The number of furan rings is 1. The first kappa shape index (κ1) is 23.6. The SMILES string of the molecule is O=C(Nc1ccc(C(=O)N[C@@H](CN2CCCC2=O)c2cccc(C(F)(F)F)c2)s1)c1ccco1. The maximum absolute atomic E-state index is 13.2. The van der Waals surface area contributed by atoms with Gasteiger partial charge in [0.05, 0.1) is 27.7 Å². The zero-order valence-corrected chi connectivity index (χ0v) is 18.5. The van der Waals surface area contributed by atoms with Gasteiger partial charge in [-0.05, 0) is 48.4 Å². The van der Waals surface area contributed by atoms with E-state index in [1.54, 1.807) is 12.1 Å². The first-order valence-electron chi connectivity index (χ1n) is 10.4. The molecule has 0 radical (unpaired) electrons. The fourth-order valence-electron chi connectivity index (χ4n) is 3.62. The quantitative estimate of drug-likeness (QED) is 0.501. The van der Waals surface area contributed by atoms with Crippen LogP contribution in [0.25, 0.3) is 0 Å². The first-order valence-corrected chi connectivity index (χ1v) is 11.2. The number of nitrogens with zero attached hydrogens (tertiary/aromatic N) is 1. The van der Waals surface area contributed by atoms with Crippen LogP contribution in [0, 0.1) is 0 Å². The van der Waals surface area contributed by atoms with Crippen LogP contribution < -0.4 is 10.6 Å². The number of rotatable bonds is 7. The average molecular weight is 491 g/mol. The molecule has 1 aliphatic rings. The minimum absolute atomic E-state index is 0.0549. The Morgan fingerprint density at radius 2 is 1.94 bits per heavy atom. The zero-order valence-electron chi connectivity index (χ0n) is 17.7. The molecule has 4 rings (SSSR count). The topological polar surface area (TPSA) is 91.7 Å². The van der Waals surface area contributed by atoms with Crippen molar-refractivity contribution in [3.8, 4) is 0 Å². The zero-order chi connectivity index (χ0) is 24.3. The molecule has 3 aromatic rings. The summed E-state index contributed by atoms with van der Waals surface area (Å²) in [5.41, 5.74) is -0.596. The highest BCUT2D eigenvalue weighted by molar-refractivity contribution is 7.18. The van der Waals surface area contributed by atoms with E-state index in [0.29, 0.717) is 24.4 Å². The fourth-order valence-corrected chi connectivity index (χ4v) is 4.43. The summed E-state index contributed by atoms with van der Waals surface area (Å²) >= 11 is 1.01. The van der Waals surface area contributed by atoms with E-state index in [4.69, 9.17) is 4.42 Å². The summed E-state index contributed by atoms with van der Waals surface area (Å²) in [5.74, 6) is -1.00. The van der Waals surface area contributed by atoms with Gasteiger partial charge in [0, 0.05) is 19.5 Å². The molecular weight excluding hydrogens is 471 g/mol. The van der Waals surface area contributed by atoms with Crippen molar-refractivity contribution in [2.45, 2.75) is 25.1 Å². The molecule has 3 amide bonds. The number of nitrogens with one attached hydrogen (secondary N) is 2. The van der Waals surface area contributed by atoms with Crippen LogP contribution in [-0.4, -0.2) is 35.7 Å². The number of alkyl halides is 3. The molecule has 0 bridgehead atoms. The summed E-state index contributed by atoms with van der Waals surface area (Å²) in [6.07, 6.45) is -2.15. The van der Waals surface area contributed by atoms with Crippen LogP contribution in [0.5, 0.6) is 0 Å². The minimum Gasteiger partial charge on any atom is -0.459 e. The molecule has 1 saturated heterocycles. The lowest BCUT2D eigenvalue weighted by Gasteiger charge is -2.25. The van der Waals surface area contributed by atoms with Crippen LogP contribution in [0.4, 0.5) is 18.2 Å². The average Bonchev–Trinajstić information content (AvgIpc) is 3.56. The molecule has 3 heterocycles. The van der Waals surface area contributed by atoms with Gasteiger partial charge < -0.3 is 20.0 Å². The second-order valence-corrected chi connectivity index (χ2v) is 8.77. The molecular formula is C23H20F3N3O4S. The molecule has 1 aromatic carbocycles. The lowest BCUT2D eigenvalue weighted by Crippen LogP contribution is -2.38. The standard InChI is InChI=1S/C23H20F3N3O4S/c24-23(25,26)15-5-1-4-14(12-15)16(13-29-10-2-7-20(29)30)27-22(32)18-8-9-19(34-18)28-21(31)17-6-3-11-33-17/h1,3-6,8-9,11-12,16H,2,7,10,13H2,(H,27,32)(H,28,31)/t16-/m0/s1. The highest BCUT2D eigenvalue weighted by Crippen LogP contribution is 2.31. The molecule has 2 N–H and O–H groups in total. The Bertz CT molecular complexity index is 1190. The van der Waals surface area contributed by atoms with Crippen molar-refractivity contribution in [1.82, 2.24) is 10.2 Å². The number of carbonyl (C=O) groups excluding carboxylic acids is 3. The number of carbonyl (C=O) groups is 3. The van der Waals surface area contributed by atoms with Crippen LogP contribution in [0.3, 0.4) is 0 Å².